The van der Waals surface area contributed by atoms with Crippen molar-refractivity contribution in [2.45, 2.75) is 0 Å². The second-order valence-corrected chi connectivity index (χ2v) is 6.47. The largest absolute Gasteiger partial charge is 0.380 e. The number of thiophene rings is 1. The smallest absolute Gasteiger partial charge is 0.188 e. The summed E-state index contributed by atoms with van der Waals surface area (Å²) in [5.74, 6) is 1.08. The second kappa shape index (κ2) is 5.11. The number of nitrogens with two attached hydrogens (primary N) is 1. The highest BCUT2D eigenvalue weighted by Gasteiger charge is 2.21. The van der Waals surface area contributed by atoms with Crippen LogP contribution in [0.2, 0.25) is 0 Å². The average Bonchev–Trinajstić information content (AvgIpc) is 2.96. The van der Waals surface area contributed by atoms with Crippen LogP contribution in [0.4, 0.5) is 5.82 Å². The molecule has 2 aromatic heterocycles. The van der Waals surface area contributed by atoms with Crippen molar-refractivity contribution in [2.75, 3.05) is 5.73 Å². The number of nitrogens with zero attached hydrogens (tertiary/aromatic N) is 1. The number of rotatable bonds is 2. The van der Waals surface area contributed by atoms with E-state index in [2.05, 4.69) is 37.0 Å². The third kappa shape index (κ3) is 2.24. The van der Waals surface area contributed by atoms with Crippen LogP contribution in [0, 0.1) is 0 Å². The molecule has 0 unspecified atom stereocenters. The van der Waals surface area contributed by atoms with Crippen LogP contribution in [0.1, 0.15) is 0 Å². The monoisotopic (exact) mass is 398 g/mol. The molecule has 0 bridgehead atoms. The third-order valence-corrected chi connectivity index (χ3v) is 5.21. The molecule has 0 fully saturated rings. The van der Waals surface area contributed by atoms with E-state index in [1.54, 1.807) is 11.3 Å². The van der Waals surface area contributed by atoms with Gasteiger partial charge in [0.2, 0.25) is 0 Å². The SMILES string of the molecule is Nc1noc(-c2sccc2Br)c1-c1ccccc1Br. The zero-order valence-corrected chi connectivity index (χ0v) is 13.5. The van der Waals surface area contributed by atoms with E-state index in [0.29, 0.717) is 11.6 Å². The number of anilines is 1. The Labute approximate surface area is 130 Å². The first-order chi connectivity index (χ1) is 9.18. The summed E-state index contributed by atoms with van der Waals surface area (Å²) in [6.07, 6.45) is 0. The van der Waals surface area contributed by atoms with Crippen molar-refractivity contribution in [1.29, 1.82) is 0 Å². The summed E-state index contributed by atoms with van der Waals surface area (Å²) < 4.78 is 7.35. The van der Waals surface area contributed by atoms with Gasteiger partial charge in [-0.15, -0.1) is 11.3 Å². The summed E-state index contributed by atoms with van der Waals surface area (Å²) >= 11 is 8.62. The molecule has 0 aliphatic carbocycles. The van der Waals surface area contributed by atoms with Crippen molar-refractivity contribution in [1.82, 2.24) is 5.16 Å². The standard InChI is InChI=1S/C13H8Br2N2OS/c14-8-4-2-1-3-7(8)10-11(18-17-13(10)16)12-9(15)5-6-19-12/h1-6H,(H2,16,17). The van der Waals surface area contributed by atoms with E-state index in [9.17, 15) is 0 Å². The highest BCUT2D eigenvalue weighted by molar-refractivity contribution is 9.11. The van der Waals surface area contributed by atoms with E-state index >= 15 is 0 Å². The lowest BCUT2D eigenvalue weighted by atomic mass is 10.1. The molecule has 0 aliphatic rings. The van der Waals surface area contributed by atoms with Gasteiger partial charge in [-0.05, 0) is 33.4 Å². The summed E-state index contributed by atoms with van der Waals surface area (Å²) in [4.78, 5) is 0.981. The number of aromatic nitrogens is 1. The molecular weight excluding hydrogens is 392 g/mol. The van der Waals surface area contributed by atoms with E-state index < -0.39 is 0 Å². The van der Waals surface area contributed by atoms with Gasteiger partial charge in [0, 0.05) is 14.5 Å². The van der Waals surface area contributed by atoms with Crippen molar-refractivity contribution >= 4 is 49.0 Å². The van der Waals surface area contributed by atoms with Gasteiger partial charge in [0.1, 0.15) is 0 Å². The Hall–Kier alpha value is -1.11. The lowest BCUT2D eigenvalue weighted by Gasteiger charge is -2.04. The number of benzene rings is 1. The van der Waals surface area contributed by atoms with E-state index in [1.807, 2.05) is 35.7 Å². The summed E-state index contributed by atoms with van der Waals surface area (Å²) in [7, 11) is 0. The third-order valence-electron chi connectivity index (χ3n) is 2.69. The van der Waals surface area contributed by atoms with Gasteiger partial charge >= 0.3 is 0 Å². The molecule has 3 rings (SSSR count). The Bertz CT molecular complexity index is 736. The van der Waals surface area contributed by atoms with Gasteiger partial charge in [-0.2, -0.15) is 0 Å². The first kappa shape index (κ1) is 12.9. The molecule has 3 aromatic rings. The molecule has 0 amide bonds. The average molecular weight is 400 g/mol. The molecule has 0 radical (unpaired) electrons. The highest BCUT2D eigenvalue weighted by Crippen LogP contribution is 2.43. The van der Waals surface area contributed by atoms with Crippen molar-refractivity contribution < 1.29 is 4.52 Å². The zero-order valence-electron chi connectivity index (χ0n) is 9.56. The number of hydrogen-bond acceptors (Lipinski definition) is 4. The normalized spacial score (nSPS) is 10.8. The van der Waals surface area contributed by atoms with Crippen molar-refractivity contribution in [2.24, 2.45) is 0 Å². The predicted molar refractivity (Wildman–Crippen MR) is 85.1 cm³/mol. The van der Waals surface area contributed by atoms with Crippen LogP contribution in [0.25, 0.3) is 21.8 Å². The fourth-order valence-electron chi connectivity index (χ4n) is 1.84. The predicted octanol–water partition coefficient (Wildman–Crippen LogP) is 5.18. The molecule has 0 aliphatic heterocycles. The lowest BCUT2D eigenvalue weighted by molar-refractivity contribution is 0.437. The first-order valence-electron chi connectivity index (χ1n) is 5.42. The fourth-order valence-corrected chi connectivity index (χ4v) is 3.86. The van der Waals surface area contributed by atoms with E-state index in [1.165, 1.54) is 0 Å². The summed E-state index contributed by atoms with van der Waals surface area (Å²) in [5.41, 5.74) is 7.75. The summed E-state index contributed by atoms with van der Waals surface area (Å²) in [6.45, 7) is 0. The van der Waals surface area contributed by atoms with Crippen LogP contribution in [-0.4, -0.2) is 5.16 Å². The maximum Gasteiger partial charge on any atom is 0.188 e. The van der Waals surface area contributed by atoms with Crippen LogP contribution in [-0.2, 0) is 0 Å². The maximum atomic E-state index is 5.96. The number of nitrogen functional groups attached to an aromatic ring is 1. The van der Waals surface area contributed by atoms with E-state index in [0.717, 1.165) is 24.9 Å². The minimum absolute atomic E-state index is 0.391. The Kier molecular flexibility index (Phi) is 3.47. The maximum absolute atomic E-state index is 5.96. The Morgan fingerprint density at radius 1 is 1.11 bits per heavy atom. The zero-order chi connectivity index (χ0) is 13.4. The lowest BCUT2D eigenvalue weighted by Crippen LogP contribution is -1.89. The van der Waals surface area contributed by atoms with Crippen LogP contribution in [0.15, 0.2) is 49.2 Å². The molecule has 19 heavy (non-hydrogen) atoms. The van der Waals surface area contributed by atoms with Gasteiger partial charge in [0.15, 0.2) is 11.6 Å². The van der Waals surface area contributed by atoms with Gasteiger partial charge in [-0.3, -0.25) is 0 Å². The fraction of sp³-hybridized carbons (Fsp3) is 0. The summed E-state index contributed by atoms with van der Waals surface area (Å²) in [5, 5.41) is 5.89. The minimum atomic E-state index is 0.391. The van der Waals surface area contributed by atoms with Gasteiger partial charge in [0.25, 0.3) is 0 Å². The summed E-state index contributed by atoms with van der Waals surface area (Å²) in [6, 6.07) is 9.84. The molecule has 0 atom stereocenters. The Balaban J connectivity index is 2.26. The van der Waals surface area contributed by atoms with Gasteiger partial charge in [-0.25, -0.2) is 0 Å². The molecule has 6 heteroatoms. The van der Waals surface area contributed by atoms with Gasteiger partial charge in [-0.1, -0.05) is 39.3 Å². The second-order valence-electron chi connectivity index (χ2n) is 3.85. The molecule has 96 valence electrons. The number of halogens is 2. The molecule has 2 heterocycles. The van der Waals surface area contributed by atoms with E-state index in [4.69, 9.17) is 10.3 Å². The molecule has 3 nitrogen and oxygen atoms in total. The Morgan fingerprint density at radius 2 is 1.89 bits per heavy atom. The van der Waals surface area contributed by atoms with Crippen LogP contribution >= 0.6 is 43.2 Å². The highest BCUT2D eigenvalue weighted by atomic mass is 79.9. The van der Waals surface area contributed by atoms with Crippen molar-refractivity contribution in [3.05, 3.63) is 44.7 Å². The quantitative estimate of drug-likeness (QED) is 0.645. The Morgan fingerprint density at radius 3 is 2.58 bits per heavy atom. The molecular formula is C13H8Br2N2OS. The van der Waals surface area contributed by atoms with Gasteiger partial charge < -0.3 is 10.3 Å². The molecule has 0 saturated heterocycles. The van der Waals surface area contributed by atoms with Crippen LogP contribution < -0.4 is 5.73 Å². The first-order valence-corrected chi connectivity index (χ1v) is 7.88. The molecule has 0 spiro atoms. The van der Waals surface area contributed by atoms with Crippen molar-refractivity contribution in [3.63, 3.8) is 0 Å². The number of hydrogen-bond donors (Lipinski definition) is 1. The molecule has 2 N–H and O–H groups in total. The topological polar surface area (TPSA) is 52.0 Å². The van der Waals surface area contributed by atoms with Crippen LogP contribution in [0.3, 0.4) is 0 Å². The molecule has 0 saturated carbocycles. The van der Waals surface area contributed by atoms with Crippen LogP contribution in [0.5, 0.6) is 0 Å². The molecule has 1 aromatic carbocycles. The van der Waals surface area contributed by atoms with Gasteiger partial charge in [0.05, 0.1) is 10.4 Å². The van der Waals surface area contributed by atoms with E-state index in [-0.39, 0.29) is 0 Å². The van der Waals surface area contributed by atoms with Crippen molar-refractivity contribution in [3.8, 4) is 21.8 Å². The minimum Gasteiger partial charge on any atom is -0.380 e.